The predicted molar refractivity (Wildman–Crippen MR) is 110 cm³/mol. The summed E-state index contributed by atoms with van der Waals surface area (Å²) in [5, 5.41) is 10.2. The van der Waals surface area contributed by atoms with Gasteiger partial charge in [0, 0.05) is 32.5 Å². The number of nitrogens with zero attached hydrogens (tertiary/aromatic N) is 2. The Bertz CT molecular complexity index is 870. The van der Waals surface area contributed by atoms with Crippen LogP contribution in [-0.2, 0) is 24.1 Å². The maximum atomic E-state index is 12.6. The number of aliphatic hydroxyl groups excluding tert-OH is 1. The minimum absolute atomic E-state index is 0.0715. The van der Waals surface area contributed by atoms with Crippen molar-refractivity contribution >= 4 is 0 Å². The summed E-state index contributed by atoms with van der Waals surface area (Å²) in [6.07, 6.45) is 0.761. The van der Waals surface area contributed by atoms with Gasteiger partial charge in [-0.25, -0.2) is 4.98 Å². The summed E-state index contributed by atoms with van der Waals surface area (Å²) in [7, 11) is 0. The number of aryl methyl sites for hydroxylation is 1. The summed E-state index contributed by atoms with van der Waals surface area (Å²) in [5.41, 5.74) is 3.58. The number of fused-ring (bicyclic) bond motifs is 1. The van der Waals surface area contributed by atoms with Crippen LogP contribution < -0.4 is 5.56 Å². The molecule has 1 aliphatic rings. The third-order valence-electron chi connectivity index (χ3n) is 4.83. The smallest absolute Gasteiger partial charge is 0.255 e. The lowest BCUT2D eigenvalue weighted by Crippen LogP contribution is -2.42. The molecule has 2 heterocycles. The monoisotopic (exact) mass is 385 g/mol. The molecule has 3 rings (SSSR count). The average molecular weight is 386 g/mol. The molecule has 1 aromatic carbocycles. The highest BCUT2D eigenvalue weighted by Gasteiger charge is 2.23. The standard InChI is InChI=1S/C22H31N3O3/c1-15-6-5-7-16(10-15)11-20-23-19-8-9-25(13-18(19)21(27)24-20)12-17(26)14-28-22(2,3)4/h5-7,10,17,26H,8-9,11-14H2,1-4H3,(H,23,24,27)/t17-/m1/s1. The molecule has 0 saturated heterocycles. The maximum Gasteiger partial charge on any atom is 0.255 e. The number of hydrogen-bond donors (Lipinski definition) is 2. The maximum absolute atomic E-state index is 12.6. The van der Waals surface area contributed by atoms with Gasteiger partial charge >= 0.3 is 0 Å². The second-order valence-electron chi connectivity index (χ2n) is 8.67. The van der Waals surface area contributed by atoms with E-state index in [4.69, 9.17) is 9.72 Å². The molecule has 0 amide bonds. The van der Waals surface area contributed by atoms with Crippen molar-refractivity contribution in [3.05, 3.63) is 62.8 Å². The van der Waals surface area contributed by atoms with E-state index in [1.54, 1.807) is 0 Å². The van der Waals surface area contributed by atoms with Crippen LogP contribution in [0.5, 0.6) is 0 Å². The number of nitrogens with one attached hydrogen (secondary N) is 1. The Kier molecular flexibility index (Phi) is 6.33. The topological polar surface area (TPSA) is 78.5 Å². The number of H-pyrrole nitrogens is 1. The van der Waals surface area contributed by atoms with E-state index in [0.717, 1.165) is 17.8 Å². The van der Waals surface area contributed by atoms with Crippen molar-refractivity contribution in [1.82, 2.24) is 14.9 Å². The molecule has 0 unspecified atom stereocenters. The third kappa shape index (κ3) is 5.74. The fraction of sp³-hybridized carbons (Fsp3) is 0.545. The minimum Gasteiger partial charge on any atom is -0.389 e. The van der Waals surface area contributed by atoms with Crippen LogP contribution in [0.25, 0.3) is 0 Å². The van der Waals surface area contributed by atoms with Gasteiger partial charge in [0.15, 0.2) is 0 Å². The van der Waals surface area contributed by atoms with Crippen molar-refractivity contribution in [2.24, 2.45) is 0 Å². The molecule has 28 heavy (non-hydrogen) atoms. The molecule has 0 bridgehead atoms. The number of benzene rings is 1. The molecular weight excluding hydrogens is 354 g/mol. The second kappa shape index (κ2) is 8.55. The Labute approximate surface area is 166 Å². The molecule has 6 heteroatoms. The molecule has 0 fully saturated rings. The number of aliphatic hydroxyl groups is 1. The van der Waals surface area contributed by atoms with Gasteiger partial charge < -0.3 is 14.8 Å². The summed E-state index contributed by atoms with van der Waals surface area (Å²) in [4.78, 5) is 22.4. The van der Waals surface area contributed by atoms with E-state index >= 15 is 0 Å². The summed E-state index contributed by atoms with van der Waals surface area (Å²) in [6.45, 7) is 10.0. The predicted octanol–water partition coefficient (Wildman–Crippen LogP) is 2.20. The van der Waals surface area contributed by atoms with Gasteiger partial charge in [0.25, 0.3) is 5.56 Å². The first kappa shape index (κ1) is 20.7. The van der Waals surface area contributed by atoms with Crippen LogP contribution in [0.1, 0.15) is 49.0 Å². The lowest BCUT2D eigenvalue weighted by Gasteiger charge is -2.30. The fourth-order valence-corrected chi connectivity index (χ4v) is 3.48. The first-order valence-corrected chi connectivity index (χ1v) is 9.90. The van der Waals surface area contributed by atoms with E-state index in [9.17, 15) is 9.90 Å². The van der Waals surface area contributed by atoms with Crippen molar-refractivity contribution in [3.63, 3.8) is 0 Å². The molecular formula is C22H31N3O3. The van der Waals surface area contributed by atoms with Gasteiger partial charge in [-0.3, -0.25) is 9.69 Å². The van der Waals surface area contributed by atoms with E-state index in [1.165, 1.54) is 5.56 Å². The van der Waals surface area contributed by atoms with Crippen LogP contribution >= 0.6 is 0 Å². The second-order valence-corrected chi connectivity index (χ2v) is 8.67. The van der Waals surface area contributed by atoms with Crippen LogP contribution in [0.3, 0.4) is 0 Å². The first-order valence-electron chi connectivity index (χ1n) is 9.90. The Morgan fingerprint density at radius 1 is 1.36 bits per heavy atom. The van der Waals surface area contributed by atoms with Crippen LogP contribution in [0.15, 0.2) is 29.1 Å². The molecule has 1 aromatic heterocycles. The van der Waals surface area contributed by atoms with Crippen molar-refractivity contribution in [2.45, 2.75) is 58.8 Å². The van der Waals surface area contributed by atoms with Crippen LogP contribution in [0, 0.1) is 6.92 Å². The first-order chi connectivity index (χ1) is 13.2. The lowest BCUT2D eigenvalue weighted by atomic mass is 10.1. The van der Waals surface area contributed by atoms with Gasteiger partial charge in [-0.05, 0) is 33.3 Å². The van der Waals surface area contributed by atoms with E-state index in [2.05, 4.69) is 35.0 Å². The molecule has 6 nitrogen and oxygen atoms in total. The van der Waals surface area contributed by atoms with Gasteiger partial charge in [0.2, 0.25) is 0 Å². The summed E-state index contributed by atoms with van der Waals surface area (Å²) in [5.74, 6) is 0.710. The quantitative estimate of drug-likeness (QED) is 0.797. The number of β-amino-alcohol motifs (C(OH)–C–C–N with tert-alkyl or cyclic N) is 1. The molecule has 0 saturated carbocycles. The highest BCUT2D eigenvalue weighted by Crippen LogP contribution is 2.16. The van der Waals surface area contributed by atoms with Crippen molar-refractivity contribution in [3.8, 4) is 0 Å². The minimum atomic E-state index is -0.576. The molecule has 152 valence electrons. The normalized spacial score (nSPS) is 16.0. The molecule has 2 aromatic rings. The summed E-state index contributed by atoms with van der Waals surface area (Å²) < 4.78 is 5.65. The highest BCUT2D eigenvalue weighted by atomic mass is 16.5. The Morgan fingerprint density at radius 2 is 2.14 bits per heavy atom. The van der Waals surface area contributed by atoms with Gasteiger partial charge in [-0.2, -0.15) is 0 Å². The molecule has 1 aliphatic heterocycles. The van der Waals surface area contributed by atoms with Gasteiger partial charge in [0.1, 0.15) is 5.82 Å². The van der Waals surface area contributed by atoms with Crippen molar-refractivity contribution in [2.75, 3.05) is 19.7 Å². The van der Waals surface area contributed by atoms with Crippen LogP contribution in [0.4, 0.5) is 0 Å². The molecule has 0 spiro atoms. The molecule has 1 atom stereocenters. The van der Waals surface area contributed by atoms with Gasteiger partial charge in [-0.1, -0.05) is 29.8 Å². The summed E-state index contributed by atoms with van der Waals surface area (Å²) >= 11 is 0. The van der Waals surface area contributed by atoms with Crippen molar-refractivity contribution < 1.29 is 9.84 Å². The number of aromatic nitrogens is 2. The van der Waals surface area contributed by atoms with Crippen LogP contribution in [-0.4, -0.2) is 51.4 Å². The zero-order chi connectivity index (χ0) is 20.3. The third-order valence-corrected chi connectivity index (χ3v) is 4.83. The zero-order valence-corrected chi connectivity index (χ0v) is 17.3. The zero-order valence-electron chi connectivity index (χ0n) is 17.3. The van der Waals surface area contributed by atoms with E-state index in [-0.39, 0.29) is 17.8 Å². The Balaban J connectivity index is 1.65. The van der Waals surface area contributed by atoms with Gasteiger partial charge in [-0.15, -0.1) is 0 Å². The number of hydrogen-bond acceptors (Lipinski definition) is 5. The van der Waals surface area contributed by atoms with E-state index in [1.807, 2.05) is 26.8 Å². The SMILES string of the molecule is Cc1cccc(Cc2nc3c(c(=O)[nH]2)CN(C[C@@H](O)COC(C)(C)C)CC3)c1. The Hall–Kier alpha value is -2.02. The van der Waals surface area contributed by atoms with E-state index < -0.39 is 6.10 Å². The van der Waals surface area contributed by atoms with Gasteiger partial charge in [0.05, 0.1) is 29.6 Å². The average Bonchev–Trinajstić information content (AvgIpc) is 2.60. The largest absolute Gasteiger partial charge is 0.389 e. The number of aromatic amines is 1. The molecule has 0 radical (unpaired) electrons. The highest BCUT2D eigenvalue weighted by molar-refractivity contribution is 5.27. The van der Waals surface area contributed by atoms with E-state index in [0.29, 0.717) is 37.3 Å². The van der Waals surface area contributed by atoms with Crippen molar-refractivity contribution in [1.29, 1.82) is 0 Å². The molecule has 0 aliphatic carbocycles. The number of ether oxygens (including phenoxy) is 1. The summed E-state index contributed by atoms with van der Waals surface area (Å²) in [6, 6.07) is 8.24. The van der Waals surface area contributed by atoms with Crippen LogP contribution in [0.2, 0.25) is 0 Å². The molecule has 2 N–H and O–H groups in total. The lowest BCUT2D eigenvalue weighted by molar-refractivity contribution is -0.0570. The fourth-order valence-electron chi connectivity index (χ4n) is 3.48. The number of rotatable bonds is 6. The Morgan fingerprint density at radius 3 is 2.86 bits per heavy atom.